The number of pyridine rings is 1. The first kappa shape index (κ1) is 12.2. The number of aromatic nitrogens is 3. The number of nitrogens with zero attached hydrogens (tertiary/aromatic N) is 3. The Morgan fingerprint density at radius 1 is 1.20 bits per heavy atom. The monoisotopic (exact) mass is 269 g/mol. The molecule has 0 amide bonds. The third kappa shape index (κ3) is 2.07. The number of hydrogen-bond donors (Lipinski definition) is 1. The fourth-order valence-electron chi connectivity index (χ4n) is 1.85. The standard InChI is InChI=1S/C14H11N3O3/c1-20-14(19)10-4-7-12-15-13(16-17(12)8-10)9-2-5-11(18)6-3-9/h2-8,18H,1H3. The van der Waals surface area contributed by atoms with Gasteiger partial charge >= 0.3 is 5.97 Å². The summed E-state index contributed by atoms with van der Waals surface area (Å²) in [5.41, 5.74) is 1.81. The first-order valence-corrected chi connectivity index (χ1v) is 5.91. The molecule has 0 saturated carbocycles. The number of ether oxygens (including phenoxy) is 1. The number of aromatic hydroxyl groups is 1. The van der Waals surface area contributed by atoms with Gasteiger partial charge in [0, 0.05) is 11.8 Å². The summed E-state index contributed by atoms with van der Waals surface area (Å²) in [4.78, 5) is 15.8. The van der Waals surface area contributed by atoms with Crippen LogP contribution in [0.4, 0.5) is 0 Å². The lowest BCUT2D eigenvalue weighted by molar-refractivity contribution is 0.0600. The van der Waals surface area contributed by atoms with Crippen LogP contribution >= 0.6 is 0 Å². The number of rotatable bonds is 2. The average Bonchev–Trinajstić information content (AvgIpc) is 2.90. The molecule has 0 spiro atoms. The molecule has 100 valence electrons. The highest BCUT2D eigenvalue weighted by Crippen LogP contribution is 2.19. The van der Waals surface area contributed by atoms with Gasteiger partial charge in [-0.1, -0.05) is 0 Å². The third-order valence-electron chi connectivity index (χ3n) is 2.88. The van der Waals surface area contributed by atoms with Gasteiger partial charge in [-0.25, -0.2) is 14.3 Å². The zero-order chi connectivity index (χ0) is 14.1. The molecule has 3 aromatic rings. The number of phenols is 1. The van der Waals surface area contributed by atoms with Crippen LogP contribution in [0.3, 0.4) is 0 Å². The number of fused-ring (bicyclic) bond motifs is 1. The van der Waals surface area contributed by atoms with Crippen LogP contribution in [0.2, 0.25) is 0 Å². The number of esters is 1. The minimum Gasteiger partial charge on any atom is -0.508 e. The van der Waals surface area contributed by atoms with Gasteiger partial charge in [0.2, 0.25) is 0 Å². The van der Waals surface area contributed by atoms with Crippen molar-refractivity contribution in [2.45, 2.75) is 0 Å². The fourth-order valence-corrected chi connectivity index (χ4v) is 1.85. The SMILES string of the molecule is COC(=O)c1ccc2nc(-c3ccc(O)cc3)nn2c1. The Morgan fingerprint density at radius 2 is 1.95 bits per heavy atom. The summed E-state index contributed by atoms with van der Waals surface area (Å²) in [7, 11) is 1.33. The number of carbonyl (C=O) groups is 1. The fraction of sp³-hybridized carbons (Fsp3) is 0.0714. The lowest BCUT2D eigenvalue weighted by atomic mass is 10.2. The number of hydrogen-bond acceptors (Lipinski definition) is 5. The summed E-state index contributed by atoms with van der Waals surface area (Å²) < 4.78 is 6.18. The summed E-state index contributed by atoms with van der Waals surface area (Å²) in [5.74, 6) is 0.283. The molecule has 6 heteroatoms. The number of phenolic OH excluding ortho intramolecular Hbond substituents is 1. The van der Waals surface area contributed by atoms with Crippen molar-refractivity contribution in [1.82, 2.24) is 14.6 Å². The van der Waals surface area contributed by atoms with E-state index >= 15 is 0 Å². The maximum Gasteiger partial charge on any atom is 0.339 e. The van der Waals surface area contributed by atoms with Crippen molar-refractivity contribution in [3.63, 3.8) is 0 Å². The highest BCUT2D eigenvalue weighted by atomic mass is 16.5. The topological polar surface area (TPSA) is 76.7 Å². The molecule has 0 unspecified atom stereocenters. The van der Waals surface area contributed by atoms with Crippen molar-refractivity contribution in [1.29, 1.82) is 0 Å². The summed E-state index contributed by atoms with van der Waals surface area (Å²) in [6.07, 6.45) is 1.57. The molecule has 3 rings (SSSR count). The van der Waals surface area contributed by atoms with Crippen LogP contribution in [0, 0.1) is 0 Å². The van der Waals surface area contributed by atoms with Crippen molar-refractivity contribution < 1.29 is 14.6 Å². The second kappa shape index (κ2) is 4.65. The summed E-state index contributed by atoms with van der Waals surface area (Å²) in [6, 6.07) is 9.93. The number of carbonyl (C=O) groups excluding carboxylic acids is 1. The highest BCUT2D eigenvalue weighted by Gasteiger charge is 2.10. The summed E-state index contributed by atoms with van der Waals surface area (Å²) in [5, 5.41) is 13.6. The Labute approximate surface area is 114 Å². The molecule has 2 aromatic heterocycles. The molecule has 1 aromatic carbocycles. The molecule has 2 heterocycles. The molecule has 0 saturated heterocycles. The highest BCUT2D eigenvalue weighted by molar-refractivity contribution is 5.89. The van der Waals surface area contributed by atoms with Crippen LogP contribution in [0.5, 0.6) is 5.75 Å². The van der Waals surface area contributed by atoms with E-state index in [1.807, 2.05) is 0 Å². The van der Waals surface area contributed by atoms with E-state index in [2.05, 4.69) is 14.8 Å². The van der Waals surface area contributed by atoms with E-state index in [-0.39, 0.29) is 5.75 Å². The van der Waals surface area contributed by atoms with E-state index in [0.29, 0.717) is 17.0 Å². The zero-order valence-corrected chi connectivity index (χ0v) is 10.6. The Kier molecular flexibility index (Phi) is 2.83. The van der Waals surface area contributed by atoms with Crippen LogP contribution in [0.1, 0.15) is 10.4 Å². The Balaban J connectivity index is 2.06. The van der Waals surface area contributed by atoms with Gasteiger partial charge in [-0.15, -0.1) is 5.10 Å². The van der Waals surface area contributed by atoms with Gasteiger partial charge < -0.3 is 9.84 Å². The molecule has 0 aliphatic rings. The van der Waals surface area contributed by atoms with Crippen LogP contribution in [0.15, 0.2) is 42.6 Å². The van der Waals surface area contributed by atoms with E-state index in [0.717, 1.165) is 5.56 Å². The van der Waals surface area contributed by atoms with Crippen LogP contribution in [0.25, 0.3) is 17.0 Å². The lowest BCUT2D eigenvalue weighted by Gasteiger charge is -1.98. The molecule has 20 heavy (non-hydrogen) atoms. The number of benzene rings is 1. The van der Waals surface area contributed by atoms with Gasteiger partial charge in [0.15, 0.2) is 11.5 Å². The third-order valence-corrected chi connectivity index (χ3v) is 2.88. The minimum atomic E-state index is -0.423. The molecule has 0 atom stereocenters. The van der Waals surface area contributed by atoms with Gasteiger partial charge in [-0.05, 0) is 36.4 Å². The summed E-state index contributed by atoms with van der Waals surface area (Å²) in [6.45, 7) is 0. The van der Waals surface area contributed by atoms with Crippen molar-refractivity contribution in [3.8, 4) is 17.1 Å². The van der Waals surface area contributed by atoms with Crippen LogP contribution < -0.4 is 0 Å². The van der Waals surface area contributed by atoms with Gasteiger partial charge in [0.25, 0.3) is 0 Å². The Bertz CT molecular complexity index is 778. The van der Waals surface area contributed by atoms with Crippen LogP contribution in [-0.2, 0) is 4.74 Å². The maximum absolute atomic E-state index is 11.5. The second-order valence-corrected chi connectivity index (χ2v) is 4.19. The average molecular weight is 269 g/mol. The predicted molar refractivity (Wildman–Crippen MR) is 71.4 cm³/mol. The van der Waals surface area contributed by atoms with Gasteiger partial charge in [0.1, 0.15) is 5.75 Å². The summed E-state index contributed by atoms with van der Waals surface area (Å²) >= 11 is 0. The van der Waals surface area contributed by atoms with E-state index in [4.69, 9.17) is 0 Å². The molecule has 0 aliphatic carbocycles. The maximum atomic E-state index is 11.5. The largest absolute Gasteiger partial charge is 0.508 e. The number of methoxy groups -OCH3 is 1. The smallest absolute Gasteiger partial charge is 0.339 e. The minimum absolute atomic E-state index is 0.186. The normalized spacial score (nSPS) is 10.7. The second-order valence-electron chi connectivity index (χ2n) is 4.19. The predicted octanol–water partition coefficient (Wildman–Crippen LogP) is 1.89. The van der Waals surface area contributed by atoms with Gasteiger partial charge in [-0.2, -0.15) is 0 Å². The molecule has 0 bridgehead atoms. The molecular weight excluding hydrogens is 258 g/mol. The first-order valence-electron chi connectivity index (χ1n) is 5.91. The molecule has 0 radical (unpaired) electrons. The molecular formula is C14H11N3O3. The molecule has 0 fully saturated rings. The Morgan fingerprint density at radius 3 is 2.65 bits per heavy atom. The van der Waals surface area contributed by atoms with E-state index < -0.39 is 5.97 Å². The zero-order valence-electron chi connectivity index (χ0n) is 10.6. The first-order chi connectivity index (χ1) is 9.67. The van der Waals surface area contributed by atoms with E-state index in [1.54, 1.807) is 42.6 Å². The van der Waals surface area contributed by atoms with E-state index in [1.165, 1.54) is 11.6 Å². The molecule has 6 nitrogen and oxygen atoms in total. The molecule has 0 aliphatic heterocycles. The molecule has 1 N–H and O–H groups in total. The van der Waals surface area contributed by atoms with Crippen molar-refractivity contribution in [2.75, 3.05) is 7.11 Å². The van der Waals surface area contributed by atoms with E-state index in [9.17, 15) is 9.90 Å². The Hall–Kier alpha value is -2.89. The van der Waals surface area contributed by atoms with Crippen molar-refractivity contribution >= 4 is 11.6 Å². The van der Waals surface area contributed by atoms with Crippen molar-refractivity contribution in [3.05, 3.63) is 48.2 Å². The lowest BCUT2D eigenvalue weighted by Crippen LogP contribution is -2.03. The van der Waals surface area contributed by atoms with Crippen LogP contribution in [-0.4, -0.2) is 32.8 Å². The quantitative estimate of drug-likeness (QED) is 0.719. The van der Waals surface area contributed by atoms with Gasteiger partial charge in [-0.3, -0.25) is 0 Å². The van der Waals surface area contributed by atoms with Crippen molar-refractivity contribution in [2.24, 2.45) is 0 Å². The van der Waals surface area contributed by atoms with Gasteiger partial charge in [0.05, 0.1) is 12.7 Å².